The van der Waals surface area contributed by atoms with Gasteiger partial charge in [0.15, 0.2) is 9.84 Å². The smallest absolute Gasteiger partial charge is 0.243 e. The highest BCUT2D eigenvalue weighted by molar-refractivity contribution is 7.90. The Balaban J connectivity index is 2.30. The van der Waals surface area contributed by atoms with Gasteiger partial charge in [0.2, 0.25) is 10.0 Å². The van der Waals surface area contributed by atoms with Gasteiger partial charge in [-0.25, -0.2) is 16.8 Å². The van der Waals surface area contributed by atoms with Gasteiger partial charge >= 0.3 is 0 Å². The second-order valence-electron chi connectivity index (χ2n) is 4.90. The maximum Gasteiger partial charge on any atom is 0.243 e. The van der Waals surface area contributed by atoms with Crippen molar-refractivity contribution in [1.82, 2.24) is 4.31 Å². The second kappa shape index (κ2) is 5.44. The zero-order valence-corrected chi connectivity index (χ0v) is 12.7. The molecule has 1 saturated heterocycles. The lowest BCUT2D eigenvalue weighted by Crippen LogP contribution is -2.42. The summed E-state index contributed by atoms with van der Waals surface area (Å²) in [5, 5.41) is 9.56. The number of hydrogen-bond donors (Lipinski definition) is 1. The van der Waals surface area contributed by atoms with E-state index in [1.165, 1.54) is 28.6 Å². The Bertz CT molecular complexity index is 679. The van der Waals surface area contributed by atoms with E-state index in [0.717, 1.165) is 6.26 Å². The number of rotatable bonds is 3. The van der Waals surface area contributed by atoms with Gasteiger partial charge in [0.25, 0.3) is 0 Å². The third kappa shape index (κ3) is 3.20. The van der Waals surface area contributed by atoms with Crippen molar-refractivity contribution in [2.75, 3.05) is 19.3 Å². The van der Waals surface area contributed by atoms with E-state index in [2.05, 4.69) is 0 Å². The highest BCUT2D eigenvalue weighted by atomic mass is 32.2. The molecule has 20 heavy (non-hydrogen) atoms. The van der Waals surface area contributed by atoms with Crippen LogP contribution in [0.1, 0.15) is 12.8 Å². The van der Waals surface area contributed by atoms with Crippen LogP contribution in [0.5, 0.6) is 0 Å². The minimum atomic E-state index is -3.68. The largest absolute Gasteiger partial charge is 0.392 e. The topological polar surface area (TPSA) is 91.8 Å². The van der Waals surface area contributed by atoms with Crippen LogP contribution in [-0.4, -0.2) is 51.7 Å². The third-order valence-corrected chi connectivity index (χ3v) is 6.26. The summed E-state index contributed by atoms with van der Waals surface area (Å²) in [4.78, 5) is 0.120. The average Bonchev–Trinajstić information content (AvgIpc) is 2.38. The fraction of sp³-hybridized carbons (Fsp3) is 0.500. The molecule has 1 N–H and O–H groups in total. The molecule has 1 atom stereocenters. The lowest BCUT2D eigenvalue weighted by Gasteiger charge is -2.29. The van der Waals surface area contributed by atoms with Gasteiger partial charge in [0.05, 0.1) is 15.9 Å². The van der Waals surface area contributed by atoms with Gasteiger partial charge in [-0.15, -0.1) is 0 Å². The van der Waals surface area contributed by atoms with Crippen molar-refractivity contribution >= 4 is 19.9 Å². The van der Waals surface area contributed by atoms with Crippen LogP contribution in [0.25, 0.3) is 0 Å². The number of sulfone groups is 1. The van der Waals surface area contributed by atoms with Crippen molar-refractivity contribution < 1.29 is 21.9 Å². The Morgan fingerprint density at radius 1 is 1.10 bits per heavy atom. The molecule has 0 aliphatic carbocycles. The molecule has 6 nitrogen and oxygen atoms in total. The maximum absolute atomic E-state index is 12.4. The van der Waals surface area contributed by atoms with Crippen LogP contribution in [0.3, 0.4) is 0 Å². The molecule has 0 spiro atoms. The molecule has 1 aliphatic heterocycles. The molecule has 1 aromatic rings. The first kappa shape index (κ1) is 15.4. The van der Waals surface area contributed by atoms with E-state index in [-0.39, 0.29) is 16.3 Å². The van der Waals surface area contributed by atoms with Gasteiger partial charge in [0, 0.05) is 19.3 Å². The molecule has 1 heterocycles. The number of nitrogens with zero attached hydrogens (tertiary/aromatic N) is 1. The number of aliphatic hydroxyl groups is 1. The molecular formula is C12H17NO5S2. The monoisotopic (exact) mass is 319 g/mol. The zero-order valence-electron chi connectivity index (χ0n) is 11.1. The number of hydrogen-bond acceptors (Lipinski definition) is 5. The van der Waals surface area contributed by atoms with Crippen molar-refractivity contribution in [3.8, 4) is 0 Å². The van der Waals surface area contributed by atoms with Crippen molar-refractivity contribution in [3.63, 3.8) is 0 Å². The first-order valence-electron chi connectivity index (χ1n) is 6.19. The van der Waals surface area contributed by atoms with Crippen LogP contribution in [0.2, 0.25) is 0 Å². The molecule has 0 saturated carbocycles. The number of sulfonamides is 1. The van der Waals surface area contributed by atoms with Gasteiger partial charge in [-0.2, -0.15) is 4.31 Å². The molecule has 1 aliphatic rings. The first-order chi connectivity index (χ1) is 9.21. The van der Waals surface area contributed by atoms with E-state index in [1.54, 1.807) is 0 Å². The lowest BCUT2D eigenvalue weighted by atomic mass is 10.1. The number of aliphatic hydroxyl groups excluding tert-OH is 1. The highest BCUT2D eigenvalue weighted by Gasteiger charge is 2.29. The lowest BCUT2D eigenvalue weighted by molar-refractivity contribution is 0.108. The normalized spacial score (nSPS) is 21.8. The van der Waals surface area contributed by atoms with Gasteiger partial charge in [0.1, 0.15) is 0 Å². The zero-order chi connectivity index (χ0) is 15.0. The standard InChI is InChI=1S/C12H17NO5S2/c1-19(15,16)11-4-6-12(7-5-11)20(17,18)13-8-2-3-10(14)9-13/h4-7,10,14H,2-3,8-9H2,1H3/t10-/m0/s1. The maximum atomic E-state index is 12.4. The van der Waals surface area contributed by atoms with Crippen LogP contribution in [0.4, 0.5) is 0 Å². The van der Waals surface area contributed by atoms with E-state index in [0.29, 0.717) is 19.4 Å². The molecule has 112 valence electrons. The summed E-state index contributed by atoms with van der Waals surface area (Å²) in [6.45, 7) is 0.448. The molecule has 0 bridgehead atoms. The van der Waals surface area contributed by atoms with Crippen LogP contribution in [0, 0.1) is 0 Å². The summed E-state index contributed by atoms with van der Waals surface area (Å²) >= 11 is 0. The van der Waals surface area contributed by atoms with E-state index in [9.17, 15) is 21.9 Å². The van der Waals surface area contributed by atoms with Crippen molar-refractivity contribution in [2.45, 2.75) is 28.7 Å². The van der Waals surface area contributed by atoms with Gasteiger partial charge in [-0.3, -0.25) is 0 Å². The minimum Gasteiger partial charge on any atom is -0.392 e. The van der Waals surface area contributed by atoms with E-state index in [1.807, 2.05) is 0 Å². The summed E-state index contributed by atoms with van der Waals surface area (Å²) in [7, 11) is -7.03. The van der Waals surface area contributed by atoms with Gasteiger partial charge in [-0.1, -0.05) is 0 Å². The molecule has 1 fully saturated rings. The van der Waals surface area contributed by atoms with Crippen LogP contribution < -0.4 is 0 Å². The summed E-state index contributed by atoms with van der Waals surface area (Å²) in [6.07, 6.45) is 1.63. The Morgan fingerprint density at radius 3 is 2.15 bits per heavy atom. The van der Waals surface area contributed by atoms with Crippen molar-refractivity contribution in [3.05, 3.63) is 24.3 Å². The molecule has 0 amide bonds. The summed E-state index contributed by atoms with van der Waals surface area (Å²) in [5.74, 6) is 0. The van der Waals surface area contributed by atoms with E-state index >= 15 is 0 Å². The number of piperidine rings is 1. The predicted octanol–water partition coefficient (Wildman–Crippen LogP) is 0.235. The van der Waals surface area contributed by atoms with Crippen LogP contribution in [-0.2, 0) is 19.9 Å². The summed E-state index contributed by atoms with van der Waals surface area (Å²) in [5.41, 5.74) is 0. The molecule has 1 aromatic carbocycles. The molecule has 2 rings (SSSR count). The van der Waals surface area contributed by atoms with E-state index < -0.39 is 26.0 Å². The molecule has 0 aromatic heterocycles. The second-order valence-corrected chi connectivity index (χ2v) is 8.86. The van der Waals surface area contributed by atoms with Crippen LogP contribution in [0.15, 0.2) is 34.1 Å². The molecule has 0 unspecified atom stereocenters. The number of β-amino-alcohol motifs (C(OH)–C–C–N with tert-alkyl or cyclic N) is 1. The Morgan fingerprint density at radius 2 is 1.65 bits per heavy atom. The molecule has 8 heteroatoms. The minimum absolute atomic E-state index is 0.0407. The van der Waals surface area contributed by atoms with Gasteiger partial charge in [-0.05, 0) is 37.1 Å². The van der Waals surface area contributed by atoms with Crippen molar-refractivity contribution in [1.29, 1.82) is 0 Å². The Labute approximate surface area is 119 Å². The molecule has 0 radical (unpaired) electrons. The predicted molar refractivity (Wildman–Crippen MR) is 73.6 cm³/mol. The summed E-state index contributed by atoms with van der Waals surface area (Å²) in [6, 6.07) is 5.13. The Hall–Kier alpha value is -0.960. The highest BCUT2D eigenvalue weighted by Crippen LogP contribution is 2.22. The quantitative estimate of drug-likeness (QED) is 0.861. The Kier molecular flexibility index (Phi) is 4.19. The number of benzene rings is 1. The van der Waals surface area contributed by atoms with Crippen LogP contribution >= 0.6 is 0 Å². The third-order valence-electron chi connectivity index (χ3n) is 3.25. The SMILES string of the molecule is CS(=O)(=O)c1ccc(S(=O)(=O)N2CCC[C@H](O)C2)cc1. The average molecular weight is 319 g/mol. The van der Waals surface area contributed by atoms with E-state index in [4.69, 9.17) is 0 Å². The van der Waals surface area contributed by atoms with Gasteiger partial charge < -0.3 is 5.11 Å². The fourth-order valence-corrected chi connectivity index (χ4v) is 4.29. The van der Waals surface area contributed by atoms with Crippen molar-refractivity contribution in [2.24, 2.45) is 0 Å². The summed E-state index contributed by atoms with van der Waals surface area (Å²) < 4.78 is 48.6. The first-order valence-corrected chi connectivity index (χ1v) is 9.53. The molecular weight excluding hydrogens is 302 g/mol. The fourth-order valence-electron chi connectivity index (χ4n) is 2.15.